The van der Waals surface area contributed by atoms with E-state index in [0.717, 1.165) is 42.6 Å². The molecule has 130 valence electrons. The SMILES string of the molecule is Cc1c(CNCC2(O)CCCCC2)c(=O)n(-c2ccccc2)n1C. The van der Waals surface area contributed by atoms with Crippen molar-refractivity contribution in [3.63, 3.8) is 0 Å². The standard InChI is InChI=1S/C19H27N3O2/c1-15-17(13-20-14-19(24)11-7-4-8-12-19)18(23)22(21(15)2)16-9-5-3-6-10-16/h3,5-6,9-10,20,24H,4,7-8,11-14H2,1-2H3. The smallest absolute Gasteiger partial charge is 0.276 e. The van der Waals surface area contributed by atoms with Crippen molar-refractivity contribution >= 4 is 0 Å². The number of hydrogen-bond acceptors (Lipinski definition) is 3. The zero-order chi connectivity index (χ0) is 17.2. The molecule has 1 aliphatic rings. The molecule has 0 atom stereocenters. The molecule has 5 heteroatoms. The first-order chi connectivity index (χ1) is 11.5. The van der Waals surface area contributed by atoms with Crippen LogP contribution in [0.15, 0.2) is 35.1 Å². The van der Waals surface area contributed by atoms with Crippen molar-refractivity contribution in [2.45, 2.75) is 51.2 Å². The lowest BCUT2D eigenvalue weighted by Gasteiger charge is -2.32. The Morgan fingerprint density at radius 1 is 1.17 bits per heavy atom. The van der Waals surface area contributed by atoms with Gasteiger partial charge in [-0.15, -0.1) is 0 Å². The Morgan fingerprint density at radius 2 is 1.83 bits per heavy atom. The largest absolute Gasteiger partial charge is 0.389 e. The highest BCUT2D eigenvalue weighted by Crippen LogP contribution is 2.27. The lowest BCUT2D eigenvalue weighted by atomic mass is 9.85. The van der Waals surface area contributed by atoms with Crippen molar-refractivity contribution in [3.05, 3.63) is 51.9 Å². The fraction of sp³-hybridized carbons (Fsp3) is 0.526. The summed E-state index contributed by atoms with van der Waals surface area (Å²) in [6, 6.07) is 9.67. The van der Waals surface area contributed by atoms with E-state index < -0.39 is 5.60 Å². The Morgan fingerprint density at radius 3 is 2.50 bits per heavy atom. The molecule has 0 amide bonds. The van der Waals surface area contributed by atoms with Gasteiger partial charge in [-0.3, -0.25) is 9.48 Å². The summed E-state index contributed by atoms with van der Waals surface area (Å²) in [5, 5.41) is 13.9. The van der Waals surface area contributed by atoms with Gasteiger partial charge in [0.1, 0.15) is 0 Å². The van der Waals surface area contributed by atoms with Gasteiger partial charge in [0, 0.05) is 25.8 Å². The van der Waals surface area contributed by atoms with E-state index in [9.17, 15) is 9.90 Å². The molecule has 2 aromatic rings. The van der Waals surface area contributed by atoms with Crippen LogP contribution in [0, 0.1) is 6.92 Å². The second-order valence-electron chi connectivity index (χ2n) is 6.93. The number of para-hydroxylation sites is 1. The van der Waals surface area contributed by atoms with E-state index in [1.807, 2.05) is 49.0 Å². The van der Waals surface area contributed by atoms with Crippen molar-refractivity contribution in [1.29, 1.82) is 0 Å². The maximum atomic E-state index is 12.8. The quantitative estimate of drug-likeness (QED) is 0.885. The molecule has 1 aromatic carbocycles. The van der Waals surface area contributed by atoms with Crippen LogP contribution in [0.3, 0.4) is 0 Å². The number of hydrogen-bond donors (Lipinski definition) is 2. The molecule has 1 saturated carbocycles. The molecule has 0 radical (unpaired) electrons. The average molecular weight is 329 g/mol. The predicted molar refractivity (Wildman–Crippen MR) is 95.5 cm³/mol. The van der Waals surface area contributed by atoms with Gasteiger partial charge in [-0.2, -0.15) is 0 Å². The summed E-state index contributed by atoms with van der Waals surface area (Å²) in [5.41, 5.74) is 1.97. The molecule has 0 spiro atoms. The highest BCUT2D eigenvalue weighted by Gasteiger charge is 2.28. The number of nitrogens with zero attached hydrogens (tertiary/aromatic N) is 2. The minimum atomic E-state index is -0.612. The maximum absolute atomic E-state index is 12.8. The molecule has 0 unspecified atom stereocenters. The first-order valence-corrected chi connectivity index (χ1v) is 8.78. The van der Waals surface area contributed by atoms with Crippen LogP contribution in [-0.4, -0.2) is 26.6 Å². The van der Waals surface area contributed by atoms with E-state index >= 15 is 0 Å². The Bertz CT molecular complexity index is 740. The third kappa shape index (κ3) is 3.32. The third-order valence-corrected chi connectivity index (χ3v) is 5.21. The minimum Gasteiger partial charge on any atom is -0.389 e. The van der Waals surface area contributed by atoms with Crippen LogP contribution in [0.1, 0.15) is 43.4 Å². The molecule has 3 rings (SSSR count). The van der Waals surface area contributed by atoms with Crippen LogP contribution in [0.2, 0.25) is 0 Å². The molecule has 0 aliphatic heterocycles. The summed E-state index contributed by atoms with van der Waals surface area (Å²) in [6.45, 7) is 3.00. The summed E-state index contributed by atoms with van der Waals surface area (Å²) in [6.07, 6.45) is 5.08. The summed E-state index contributed by atoms with van der Waals surface area (Å²) in [4.78, 5) is 12.8. The Kier molecular flexibility index (Phi) is 4.92. The molecular weight excluding hydrogens is 302 g/mol. The maximum Gasteiger partial charge on any atom is 0.276 e. The number of aliphatic hydroxyl groups is 1. The predicted octanol–water partition coefficient (Wildman–Crippen LogP) is 2.27. The van der Waals surface area contributed by atoms with Crippen LogP contribution >= 0.6 is 0 Å². The van der Waals surface area contributed by atoms with E-state index in [0.29, 0.717) is 13.1 Å². The molecular formula is C19H27N3O2. The van der Waals surface area contributed by atoms with Gasteiger partial charge in [0.2, 0.25) is 0 Å². The molecule has 0 saturated heterocycles. The zero-order valence-electron chi connectivity index (χ0n) is 14.6. The zero-order valence-corrected chi connectivity index (χ0v) is 14.6. The molecule has 5 nitrogen and oxygen atoms in total. The Hall–Kier alpha value is -1.85. The number of nitrogens with one attached hydrogen (secondary N) is 1. The normalized spacial score (nSPS) is 17.1. The van der Waals surface area contributed by atoms with Crippen molar-refractivity contribution in [1.82, 2.24) is 14.7 Å². The third-order valence-electron chi connectivity index (χ3n) is 5.21. The number of aromatic nitrogens is 2. The van der Waals surface area contributed by atoms with Gasteiger partial charge < -0.3 is 10.4 Å². The molecule has 1 heterocycles. The lowest BCUT2D eigenvalue weighted by Crippen LogP contribution is -2.42. The minimum absolute atomic E-state index is 0.00401. The van der Waals surface area contributed by atoms with Crippen LogP contribution in [0.25, 0.3) is 5.69 Å². The van der Waals surface area contributed by atoms with E-state index in [4.69, 9.17) is 0 Å². The van der Waals surface area contributed by atoms with Gasteiger partial charge in [-0.25, -0.2) is 4.68 Å². The average Bonchev–Trinajstić information content (AvgIpc) is 2.79. The van der Waals surface area contributed by atoms with Gasteiger partial charge >= 0.3 is 0 Å². The monoisotopic (exact) mass is 329 g/mol. The number of benzene rings is 1. The van der Waals surface area contributed by atoms with Crippen LogP contribution < -0.4 is 10.9 Å². The van der Waals surface area contributed by atoms with E-state index in [-0.39, 0.29) is 5.56 Å². The molecule has 1 aromatic heterocycles. The van der Waals surface area contributed by atoms with Crippen LogP contribution in [0.4, 0.5) is 0 Å². The second-order valence-corrected chi connectivity index (χ2v) is 6.93. The highest BCUT2D eigenvalue weighted by molar-refractivity contribution is 5.33. The first kappa shape index (κ1) is 17.0. The summed E-state index contributed by atoms with van der Waals surface area (Å²) in [7, 11) is 1.90. The van der Waals surface area contributed by atoms with Gasteiger partial charge in [0.25, 0.3) is 5.56 Å². The second kappa shape index (κ2) is 6.95. The lowest BCUT2D eigenvalue weighted by molar-refractivity contribution is 0.00465. The van der Waals surface area contributed by atoms with Gasteiger partial charge in [0.15, 0.2) is 0 Å². The van der Waals surface area contributed by atoms with Gasteiger partial charge in [-0.1, -0.05) is 37.5 Å². The Labute approximate surface area is 142 Å². The first-order valence-electron chi connectivity index (χ1n) is 8.78. The van der Waals surface area contributed by atoms with Crippen LogP contribution in [-0.2, 0) is 13.6 Å². The van der Waals surface area contributed by atoms with Gasteiger partial charge in [0.05, 0.1) is 16.9 Å². The van der Waals surface area contributed by atoms with Gasteiger partial charge in [-0.05, 0) is 31.9 Å². The van der Waals surface area contributed by atoms with E-state index in [1.54, 1.807) is 4.68 Å². The molecule has 2 N–H and O–H groups in total. The van der Waals surface area contributed by atoms with Crippen molar-refractivity contribution in [3.8, 4) is 5.69 Å². The van der Waals surface area contributed by atoms with E-state index in [1.165, 1.54) is 6.42 Å². The molecule has 1 aliphatic carbocycles. The fourth-order valence-corrected chi connectivity index (χ4v) is 3.63. The summed E-state index contributed by atoms with van der Waals surface area (Å²) in [5.74, 6) is 0. The molecule has 24 heavy (non-hydrogen) atoms. The number of rotatable bonds is 5. The molecule has 0 bridgehead atoms. The van der Waals surface area contributed by atoms with Crippen molar-refractivity contribution in [2.75, 3.05) is 6.54 Å². The topological polar surface area (TPSA) is 59.2 Å². The fourth-order valence-electron chi connectivity index (χ4n) is 3.63. The van der Waals surface area contributed by atoms with Crippen molar-refractivity contribution < 1.29 is 5.11 Å². The summed E-state index contributed by atoms with van der Waals surface area (Å²) >= 11 is 0. The highest BCUT2D eigenvalue weighted by atomic mass is 16.3. The van der Waals surface area contributed by atoms with Crippen LogP contribution in [0.5, 0.6) is 0 Å². The van der Waals surface area contributed by atoms with E-state index in [2.05, 4.69) is 5.32 Å². The van der Waals surface area contributed by atoms with Crippen molar-refractivity contribution in [2.24, 2.45) is 7.05 Å². The summed E-state index contributed by atoms with van der Waals surface area (Å²) < 4.78 is 3.59. The molecule has 1 fully saturated rings. The Balaban J connectivity index is 1.76.